The normalized spacial score (nSPS) is 18.4. The van der Waals surface area contributed by atoms with E-state index in [1.54, 1.807) is 28.2 Å². The Morgan fingerprint density at radius 2 is 0.587 bits per heavy atom. The quantitative estimate of drug-likeness (QED) is 0.0619. The Morgan fingerprint density at radius 3 is 0.804 bits per heavy atom. The molecule has 10 heteroatoms. The fourth-order valence-corrected chi connectivity index (χ4v) is 7.80. The number of nitrogens with zero attached hydrogens (tertiary/aromatic N) is 4. The second kappa shape index (κ2) is 19.8. The highest BCUT2D eigenvalue weighted by Crippen LogP contribution is 2.54. The van der Waals surface area contributed by atoms with Crippen LogP contribution in [-0.4, -0.2) is 81.6 Å². The van der Waals surface area contributed by atoms with Crippen molar-refractivity contribution in [1.82, 2.24) is 19.6 Å². The average molecular weight is 679 g/mol. The number of unbranched alkanes of at least 4 members (excludes halogenated alkanes) is 18. The van der Waals surface area contributed by atoms with Crippen LogP contribution in [0.3, 0.4) is 0 Å². The molecule has 8 nitrogen and oxygen atoms in total. The molecule has 46 heavy (non-hydrogen) atoms. The van der Waals surface area contributed by atoms with Crippen molar-refractivity contribution in [2.24, 2.45) is 10.8 Å². The second-order valence-corrected chi connectivity index (χ2v) is 14.4. The first-order valence-corrected chi connectivity index (χ1v) is 19.0. The third kappa shape index (κ3) is 8.94. The Balaban J connectivity index is 2.33. The number of carbonyl (C=O) groups is 4. The summed E-state index contributed by atoms with van der Waals surface area (Å²) in [6.07, 6.45) is 22.0. The molecule has 2 aliphatic heterocycles. The summed E-state index contributed by atoms with van der Waals surface area (Å²) >= 11 is 10.9. The Hall–Kier alpha value is -1.94. The van der Waals surface area contributed by atoms with Gasteiger partial charge in [-0.1, -0.05) is 142 Å². The number of rotatable bonds is 23. The Labute approximate surface area is 290 Å². The van der Waals surface area contributed by atoms with Crippen LogP contribution in [0.1, 0.15) is 155 Å². The molecule has 2 fully saturated rings. The van der Waals surface area contributed by atoms with Crippen molar-refractivity contribution in [3.8, 4) is 0 Å². The van der Waals surface area contributed by atoms with Crippen molar-refractivity contribution in [3.05, 3.63) is 0 Å². The minimum atomic E-state index is -1.90. The number of amides is 4. The fraction of sp³-hybridized carbons (Fsp3) is 0.833. The zero-order valence-corrected chi connectivity index (χ0v) is 31.4. The SMILES string of the molecule is CCCCCCCCCCCCC1(C2(CCCCCCCCCCCC)C(=O)N(C)C(=S)N(C)C2=O)C(=O)N(C)C(=S)N(C)C1=O. The van der Waals surface area contributed by atoms with E-state index in [0.29, 0.717) is 12.8 Å². The van der Waals surface area contributed by atoms with Gasteiger partial charge in [-0.2, -0.15) is 0 Å². The smallest absolute Gasteiger partial charge is 0.245 e. The van der Waals surface area contributed by atoms with Gasteiger partial charge in [0, 0.05) is 28.2 Å². The van der Waals surface area contributed by atoms with E-state index in [4.69, 9.17) is 24.4 Å². The minimum Gasteiger partial charge on any atom is -0.291 e. The van der Waals surface area contributed by atoms with Gasteiger partial charge in [0.05, 0.1) is 0 Å². The molecule has 0 aromatic rings. The van der Waals surface area contributed by atoms with Gasteiger partial charge in [-0.15, -0.1) is 0 Å². The van der Waals surface area contributed by atoms with Gasteiger partial charge in [0.25, 0.3) is 0 Å². The molecule has 0 aromatic heterocycles. The summed E-state index contributed by atoms with van der Waals surface area (Å²) < 4.78 is 0. The van der Waals surface area contributed by atoms with Crippen LogP contribution >= 0.6 is 24.4 Å². The lowest BCUT2D eigenvalue weighted by atomic mass is 9.54. The lowest BCUT2D eigenvalue weighted by Crippen LogP contribution is -2.76. The molecule has 0 unspecified atom stereocenters. The largest absolute Gasteiger partial charge is 0.291 e. The first kappa shape index (κ1) is 40.2. The average Bonchev–Trinajstić information content (AvgIpc) is 3.06. The molecule has 0 bridgehead atoms. The van der Waals surface area contributed by atoms with Crippen LogP contribution in [0.4, 0.5) is 0 Å². The second-order valence-electron chi connectivity index (χ2n) is 13.7. The van der Waals surface area contributed by atoms with Crippen molar-refractivity contribution in [1.29, 1.82) is 0 Å². The van der Waals surface area contributed by atoms with Gasteiger partial charge in [0.2, 0.25) is 23.6 Å². The van der Waals surface area contributed by atoms with Crippen LogP contribution in [0.15, 0.2) is 0 Å². The molecular formula is C36H62N4O4S2. The molecule has 2 saturated heterocycles. The first-order chi connectivity index (χ1) is 22.0. The van der Waals surface area contributed by atoms with Gasteiger partial charge in [-0.05, 0) is 37.3 Å². The summed E-state index contributed by atoms with van der Waals surface area (Å²) in [4.78, 5) is 63.1. The summed E-state index contributed by atoms with van der Waals surface area (Å²) in [7, 11) is 6.19. The Kier molecular flexibility index (Phi) is 17.3. The monoisotopic (exact) mass is 678 g/mol. The van der Waals surface area contributed by atoms with Gasteiger partial charge in [0.15, 0.2) is 21.1 Å². The molecule has 2 rings (SSSR count). The van der Waals surface area contributed by atoms with Crippen molar-refractivity contribution >= 4 is 58.3 Å². The van der Waals surface area contributed by atoms with Crippen LogP contribution in [-0.2, 0) is 19.2 Å². The predicted octanol–water partition coefficient (Wildman–Crippen LogP) is 8.01. The number of thiocarbonyl (C=S) groups is 2. The van der Waals surface area contributed by atoms with Crippen LogP contribution < -0.4 is 0 Å². The van der Waals surface area contributed by atoms with Gasteiger partial charge < -0.3 is 0 Å². The van der Waals surface area contributed by atoms with E-state index in [0.717, 1.165) is 38.5 Å². The van der Waals surface area contributed by atoms with Crippen LogP contribution in [0.5, 0.6) is 0 Å². The van der Waals surface area contributed by atoms with Gasteiger partial charge >= 0.3 is 0 Å². The van der Waals surface area contributed by atoms with E-state index in [2.05, 4.69) is 13.8 Å². The molecule has 0 N–H and O–H groups in total. The lowest BCUT2D eigenvalue weighted by Gasteiger charge is -2.55. The maximum absolute atomic E-state index is 14.5. The summed E-state index contributed by atoms with van der Waals surface area (Å²) in [5.74, 6) is -2.22. The zero-order chi connectivity index (χ0) is 34.3. The third-order valence-corrected chi connectivity index (χ3v) is 11.5. The van der Waals surface area contributed by atoms with E-state index in [-0.39, 0.29) is 23.1 Å². The Morgan fingerprint density at radius 1 is 0.391 bits per heavy atom. The van der Waals surface area contributed by atoms with E-state index in [9.17, 15) is 19.2 Å². The maximum atomic E-state index is 14.5. The van der Waals surface area contributed by atoms with Gasteiger partial charge in [0.1, 0.15) is 0 Å². The molecule has 0 atom stereocenters. The summed E-state index contributed by atoms with van der Waals surface area (Å²) in [5, 5.41) is 0.159. The zero-order valence-electron chi connectivity index (χ0n) is 29.8. The lowest BCUT2D eigenvalue weighted by molar-refractivity contribution is -0.185. The highest BCUT2D eigenvalue weighted by molar-refractivity contribution is 7.80. The van der Waals surface area contributed by atoms with Crippen molar-refractivity contribution < 1.29 is 19.2 Å². The summed E-state index contributed by atoms with van der Waals surface area (Å²) in [6, 6.07) is 0. The molecule has 262 valence electrons. The number of hydrogen-bond acceptors (Lipinski definition) is 6. The molecule has 0 radical (unpaired) electrons. The highest BCUT2D eigenvalue weighted by Gasteiger charge is 2.74. The molecule has 2 heterocycles. The molecule has 0 saturated carbocycles. The van der Waals surface area contributed by atoms with Crippen LogP contribution in [0.2, 0.25) is 0 Å². The third-order valence-electron chi connectivity index (χ3n) is 10.4. The van der Waals surface area contributed by atoms with E-state index in [1.807, 2.05) is 0 Å². The molecule has 2 aliphatic rings. The Bertz CT molecular complexity index is 935. The van der Waals surface area contributed by atoms with Crippen LogP contribution in [0.25, 0.3) is 0 Å². The summed E-state index contributed by atoms with van der Waals surface area (Å²) in [6.45, 7) is 4.44. The minimum absolute atomic E-state index is 0.0794. The highest BCUT2D eigenvalue weighted by atomic mass is 32.1. The number of carbonyl (C=O) groups excluding carboxylic acids is 4. The molecular weight excluding hydrogens is 617 g/mol. The summed E-state index contributed by atoms with van der Waals surface area (Å²) in [5.41, 5.74) is -3.80. The van der Waals surface area contributed by atoms with Crippen molar-refractivity contribution in [2.75, 3.05) is 28.2 Å². The van der Waals surface area contributed by atoms with Gasteiger partial charge in [-0.25, -0.2) is 0 Å². The van der Waals surface area contributed by atoms with Crippen LogP contribution in [0, 0.1) is 10.8 Å². The molecule has 4 amide bonds. The molecule has 0 aromatic carbocycles. The van der Waals surface area contributed by atoms with E-state index >= 15 is 0 Å². The standard InChI is InChI=1S/C36H62N4O4S2/c1-7-9-11-13-15-17-19-21-23-25-27-35(29(41)37(3)33(45)38(4)30(35)42)36(31(43)39(5)34(46)40(6)32(36)44)28-26-24-22-20-18-16-14-12-10-8-2/h7-28H2,1-6H3. The van der Waals surface area contributed by atoms with Gasteiger partial charge in [-0.3, -0.25) is 38.8 Å². The predicted molar refractivity (Wildman–Crippen MR) is 194 cm³/mol. The fourth-order valence-electron chi connectivity index (χ4n) is 7.47. The topological polar surface area (TPSA) is 81.2 Å². The molecule has 0 aliphatic carbocycles. The van der Waals surface area contributed by atoms with Crippen molar-refractivity contribution in [3.63, 3.8) is 0 Å². The number of hydrogen-bond donors (Lipinski definition) is 0. The maximum Gasteiger partial charge on any atom is 0.245 e. The first-order valence-electron chi connectivity index (χ1n) is 18.2. The van der Waals surface area contributed by atoms with Crippen molar-refractivity contribution in [2.45, 2.75) is 155 Å². The molecule has 0 spiro atoms. The van der Waals surface area contributed by atoms with E-state index in [1.165, 1.54) is 96.6 Å². The van der Waals surface area contributed by atoms with E-state index < -0.39 is 34.5 Å².